The summed E-state index contributed by atoms with van der Waals surface area (Å²) < 4.78 is 0. The molecule has 17 heavy (non-hydrogen) atoms. The van der Waals surface area contributed by atoms with Gasteiger partial charge >= 0.3 is 5.97 Å². The highest BCUT2D eigenvalue weighted by atomic mass is 32.1. The molecule has 0 aromatic carbocycles. The minimum absolute atomic E-state index is 0.145. The van der Waals surface area contributed by atoms with Crippen LogP contribution in [0.5, 0.6) is 0 Å². The molecule has 0 atom stereocenters. The predicted molar refractivity (Wildman–Crippen MR) is 67.8 cm³/mol. The van der Waals surface area contributed by atoms with E-state index in [-0.39, 0.29) is 6.54 Å². The lowest BCUT2D eigenvalue weighted by Gasteiger charge is -2.33. The van der Waals surface area contributed by atoms with E-state index in [9.17, 15) is 4.79 Å². The number of nitrogens with zero attached hydrogens (tertiary/aromatic N) is 3. The number of rotatable bonds is 4. The maximum atomic E-state index is 10.6. The molecule has 1 fully saturated rings. The first-order chi connectivity index (χ1) is 8.19. The second-order valence-corrected chi connectivity index (χ2v) is 5.21. The highest BCUT2D eigenvalue weighted by Gasteiger charge is 2.20. The number of thiazole rings is 1. The number of hydrogen-bond acceptors (Lipinski definition) is 5. The third kappa shape index (κ3) is 3.17. The van der Waals surface area contributed by atoms with Crippen molar-refractivity contribution in [1.29, 1.82) is 0 Å². The minimum Gasteiger partial charge on any atom is -0.480 e. The van der Waals surface area contributed by atoms with Crippen LogP contribution in [0.15, 0.2) is 6.20 Å². The van der Waals surface area contributed by atoms with Crippen LogP contribution in [0.1, 0.15) is 11.8 Å². The Kier molecular flexibility index (Phi) is 3.96. The van der Waals surface area contributed by atoms with Crippen LogP contribution >= 0.6 is 11.3 Å². The summed E-state index contributed by atoms with van der Waals surface area (Å²) in [5.41, 5.74) is 0. The Labute approximate surface area is 105 Å². The number of hydrogen-bond donors (Lipinski definition) is 1. The summed E-state index contributed by atoms with van der Waals surface area (Å²) >= 11 is 1.73. The van der Waals surface area contributed by atoms with E-state index in [1.165, 1.54) is 4.88 Å². The maximum absolute atomic E-state index is 10.6. The largest absolute Gasteiger partial charge is 0.480 e. The van der Waals surface area contributed by atoms with Gasteiger partial charge < -0.3 is 10.0 Å². The Hall–Kier alpha value is -1.14. The highest BCUT2D eigenvalue weighted by molar-refractivity contribution is 7.15. The van der Waals surface area contributed by atoms with Gasteiger partial charge in [0, 0.05) is 37.3 Å². The molecule has 1 aromatic heterocycles. The lowest BCUT2D eigenvalue weighted by Crippen LogP contribution is -2.47. The number of aliphatic carboxylic acids is 1. The Morgan fingerprint density at radius 1 is 1.47 bits per heavy atom. The van der Waals surface area contributed by atoms with Crippen molar-refractivity contribution in [2.45, 2.75) is 13.3 Å². The van der Waals surface area contributed by atoms with Gasteiger partial charge in [0.2, 0.25) is 0 Å². The molecule has 0 aliphatic carbocycles. The smallest absolute Gasteiger partial charge is 0.317 e. The first kappa shape index (κ1) is 12.3. The van der Waals surface area contributed by atoms with Gasteiger partial charge in [-0.25, -0.2) is 4.98 Å². The Balaban J connectivity index is 1.88. The number of carbonyl (C=O) groups is 1. The summed E-state index contributed by atoms with van der Waals surface area (Å²) in [7, 11) is 0. The van der Waals surface area contributed by atoms with Crippen molar-refractivity contribution in [1.82, 2.24) is 9.88 Å². The van der Waals surface area contributed by atoms with Crippen LogP contribution in [0.2, 0.25) is 0 Å². The van der Waals surface area contributed by atoms with Crippen molar-refractivity contribution in [2.75, 3.05) is 37.6 Å². The molecular formula is C11H17N3O2S. The van der Waals surface area contributed by atoms with Gasteiger partial charge in [0.25, 0.3) is 0 Å². The number of piperazine rings is 1. The maximum Gasteiger partial charge on any atom is 0.317 e. The molecule has 1 aliphatic heterocycles. The second kappa shape index (κ2) is 5.46. The van der Waals surface area contributed by atoms with Crippen LogP contribution in [-0.4, -0.2) is 53.7 Å². The first-order valence-corrected chi connectivity index (χ1v) is 6.64. The van der Waals surface area contributed by atoms with E-state index in [0.717, 1.165) is 37.7 Å². The van der Waals surface area contributed by atoms with Crippen LogP contribution in [0, 0.1) is 0 Å². The van der Waals surface area contributed by atoms with Crippen molar-refractivity contribution in [3.63, 3.8) is 0 Å². The molecule has 1 aromatic rings. The molecule has 1 aliphatic rings. The molecular weight excluding hydrogens is 238 g/mol. The fraction of sp³-hybridized carbons (Fsp3) is 0.636. The van der Waals surface area contributed by atoms with Gasteiger partial charge in [-0.15, -0.1) is 11.3 Å². The highest BCUT2D eigenvalue weighted by Crippen LogP contribution is 2.23. The van der Waals surface area contributed by atoms with E-state index < -0.39 is 5.97 Å². The summed E-state index contributed by atoms with van der Waals surface area (Å²) in [5, 5.41) is 9.78. The fourth-order valence-electron chi connectivity index (χ4n) is 1.90. The first-order valence-electron chi connectivity index (χ1n) is 5.83. The number of carboxylic acids is 1. The van der Waals surface area contributed by atoms with E-state index in [0.29, 0.717) is 0 Å². The predicted octanol–water partition coefficient (Wildman–Crippen LogP) is 0.912. The zero-order chi connectivity index (χ0) is 12.3. The average Bonchev–Trinajstić information content (AvgIpc) is 2.78. The van der Waals surface area contributed by atoms with E-state index >= 15 is 0 Å². The Morgan fingerprint density at radius 3 is 2.71 bits per heavy atom. The molecule has 0 unspecified atom stereocenters. The van der Waals surface area contributed by atoms with Crippen molar-refractivity contribution in [3.8, 4) is 0 Å². The van der Waals surface area contributed by atoms with Gasteiger partial charge in [0.15, 0.2) is 5.13 Å². The number of aryl methyl sites for hydroxylation is 1. The third-order valence-electron chi connectivity index (χ3n) is 2.89. The van der Waals surface area contributed by atoms with Gasteiger partial charge in [-0.2, -0.15) is 0 Å². The molecule has 0 spiro atoms. The van der Waals surface area contributed by atoms with E-state index in [4.69, 9.17) is 5.11 Å². The van der Waals surface area contributed by atoms with Crippen LogP contribution < -0.4 is 4.90 Å². The molecule has 1 saturated heterocycles. The molecule has 1 N–H and O–H groups in total. The average molecular weight is 255 g/mol. The zero-order valence-corrected chi connectivity index (χ0v) is 10.7. The lowest BCUT2D eigenvalue weighted by atomic mass is 10.3. The van der Waals surface area contributed by atoms with E-state index in [1.807, 2.05) is 11.1 Å². The summed E-state index contributed by atoms with van der Waals surface area (Å²) in [5.74, 6) is -0.749. The third-order valence-corrected chi connectivity index (χ3v) is 4.09. The van der Waals surface area contributed by atoms with Gasteiger partial charge in [0.1, 0.15) is 0 Å². The van der Waals surface area contributed by atoms with Crippen molar-refractivity contribution in [3.05, 3.63) is 11.1 Å². The Bertz CT molecular complexity index is 386. The van der Waals surface area contributed by atoms with Crippen molar-refractivity contribution < 1.29 is 9.90 Å². The van der Waals surface area contributed by atoms with Crippen molar-refractivity contribution in [2.24, 2.45) is 0 Å². The summed E-state index contributed by atoms with van der Waals surface area (Å²) in [6.45, 7) is 5.60. The van der Waals surface area contributed by atoms with E-state index in [2.05, 4.69) is 16.8 Å². The van der Waals surface area contributed by atoms with Gasteiger partial charge in [-0.05, 0) is 6.42 Å². The normalized spacial score (nSPS) is 17.4. The number of aromatic nitrogens is 1. The number of anilines is 1. The summed E-state index contributed by atoms with van der Waals surface area (Å²) in [6, 6.07) is 0. The molecule has 0 radical (unpaired) electrons. The van der Waals surface area contributed by atoms with Crippen molar-refractivity contribution >= 4 is 22.4 Å². The molecule has 94 valence electrons. The molecule has 0 saturated carbocycles. The second-order valence-electron chi connectivity index (χ2n) is 4.12. The van der Waals surface area contributed by atoms with Crippen LogP contribution in [0.25, 0.3) is 0 Å². The zero-order valence-electron chi connectivity index (χ0n) is 9.93. The monoisotopic (exact) mass is 255 g/mol. The Morgan fingerprint density at radius 2 is 2.18 bits per heavy atom. The molecule has 6 heteroatoms. The van der Waals surface area contributed by atoms with Gasteiger partial charge in [-0.3, -0.25) is 9.69 Å². The topological polar surface area (TPSA) is 56.7 Å². The molecule has 2 heterocycles. The fourth-order valence-corrected chi connectivity index (χ4v) is 2.80. The minimum atomic E-state index is -0.749. The SMILES string of the molecule is CCc1cnc(N2CCN(CC(=O)O)CC2)s1. The summed E-state index contributed by atoms with van der Waals surface area (Å²) in [6.07, 6.45) is 2.96. The van der Waals surface area contributed by atoms with Gasteiger partial charge in [-0.1, -0.05) is 6.92 Å². The van der Waals surface area contributed by atoms with Crippen LogP contribution in [0.3, 0.4) is 0 Å². The lowest BCUT2D eigenvalue weighted by molar-refractivity contribution is -0.138. The standard InChI is InChI=1S/C11H17N3O2S/c1-2-9-7-12-11(17-9)14-5-3-13(4-6-14)8-10(15)16/h7H,2-6,8H2,1H3,(H,15,16). The molecule has 2 rings (SSSR count). The summed E-state index contributed by atoms with van der Waals surface area (Å²) in [4.78, 5) is 20.5. The van der Waals surface area contributed by atoms with E-state index in [1.54, 1.807) is 11.3 Å². The van der Waals surface area contributed by atoms with Gasteiger partial charge in [0.05, 0.1) is 6.54 Å². The van der Waals surface area contributed by atoms with Crippen LogP contribution in [0.4, 0.5) is 5.13 Å². The molecule has 5 nitrogen and oxygen atoms in total. The number of carboxylic acid groups (broad SMARTS) is 1. The van der Waals surface area contributed by atoms with Crippen LogP contribution in [-0.2, 0) is 11.2 Å². The molecule has 0 bridgehead atoms. The quantitative estimate of drug-likeness (QED) is 0.866. The molecule has 0 amide bonds.